The zero-order valence-electron chi connectivity index (χ0n) is 26.6. The molecule has 1 aromatic rings. The van der Waals surface area contributed by atoms with Gasteiger partial charge in [0.25, 0.3) is 0 Å². The van der Waals surface area contributed by atoms with Crippen molar-refractivity contribution in [2.24, 2.45) is 0 Å². The molecular weight excluding hydrogens is 574 g/mol. The van der Waals surface area contributed by atoms with Gasteiger partial charge in [-0.2, -0.15) is 0 Å². The van der Waals surface area contributed by atoms with Crippen LogP contribution in [0.3, 0.4) is 0 Å². The highest BCUT2D eigenvalue weighted by atomic mass is 32.2. The normalized spacial score (nSPS) is 11.9. The standard InChI is InChI=1S/C31H57N3O6S2/c1-5-8-11-12-13-14-15-16-17-18-21-40-22-19-20-32-31(35)34-33-28-26-30(42(38,39)24-10-7-3)29(25-27(28)4)41(36,37)23-9-6-2/h25-26,33H,5-24H2,1-4H3,(H2,32,34,35). The number of carbonyl (C=O) groups is 1. The summed E-state index contributed by atoms with van der Waals surface area (Å²) in [4.78, 5) is 11.9. The number of unbranched alkanes of at least 4 members (excludes halogenated alkanes) is 11. The SMILES string of the molecule is CCCCCCCCCCCCOCCCNC(=O)NNc1cc(S(=O)(=O)CCCC)c(S(=O)(=O)CCCC)cc1C. The molecule has 0 aliphatic carbocycles. The van der Waals surface area contributed by atoms with Gasteiger partial charge in [0.1, 0.15) is 0 Å². The number of amides is 2. The molecule has 0 bridgehead atoms. The third-order valence-electron chi connectivity index (χ3n) is 7.20. The van der Waals surface area contributed by atoms with E-state index in [1.807, 2.05) is 13.8 Å². The molecule has 0 saturated heterocycles. The quantitative estimate of drug-likeness (QED) is 0.0775. The molecule has 1 rings (SSSR count). The van der Waals surface area contributed by atoms with Crippen LogP contribution < -0.4 is 16.2 Å². The molecule has 3 N–H and O–H groups in total. The summed E-state index contributed by atoms with van der Waals surface area (Å²) in [6.07, 6.45) is 15.8. The Bertz CT molecular complexity index is 1110. The summed E-state index contributed by atoms with van der Waals surface area (Å²) in [5.74, 6) is -0.257. The van der Waals surface area contributed by atoms with Gasteiger partial charge in [-0.1, -0.05) is 91.4 Å². The van der Waals surface area contributed by atoms with E-state index in [0.717, 1.165) is 13.0 Å². The van der Waals surface area contributed by atoms with Crippen LogP contribution in [0.15, 0.2) is 21.9 Å². The Balaban J connectivity index is 2.47. The first-order valence-electron chi connectivity index (χ1n) is 16.1. The fraction of sp³-hybridized carbons (Fsp3) is 0.774. The highest BCUT2D eigenvalue weighted by molar-refractivity contribution is 7.94. The van der Waals surface area contributed by atoms with Gasteiger partial charge in [0.05, 0.1) is 27.0 Å². The molecule has 0 saturated carbocycles. The number of carbonyl (C=O) groups excluding carboxylic acids is 1. The fourth-order valence-corrected chi connectivity index (χ4v) is 8.43. The largest absolute Gasteiger partial charge is 0.381 e. The molecule has 11 heteroatoms. The van der Waals surface area contributed by atoms with E-state index in [4.69, 9.17) is 4.74 Å². The second-order valence-corrected chi connectivity index (χ2v) is 15.3. The number of sulfone groups is 2. The number of anilines is 1. The van der Waals surface area contributed by atoms with Gasteiger partial charge in [0.15, 0.2) is 19.7 Å². The van der Waals surface area contributed by atoms with Crippen molar-refractivity contribution in [3.05, 3.63) is 17.7 Å². The average Bonchev–Trinajstić information content (AvgIpc) is 2.96. The van der Waals surface area contributed by atoms with E-state index in [9.17, 15) is 21.6 Å². The van der Waals surface area contributed by atoms with E-state index in [1.54, 1.807) is 6.92 Å². The Kier molecular flexibility index (Phi) is 19.8. The number of rotatable bonds is 25. The third kappa shape index (κ3) is 15.6. The molecule has 0 aliphatic rings. The summed E-state index contributed by atoms with van der Waals surface area (Å²) in [7, 11) is -7.62. The first-order chi connectivity index (χ1) is 20.1. The van der Waals surface area contributed by atoms with Crippen molar-refractivity contribution < 1.29 is 26.4 Å². The smallest absolute Gasteiger partial charge is 0.333 e. The maximum absolute atomic E-state index is 13.1. The number of nitrogens with one attached hydrogen (secondary N) is 3. The van der Waals surface area contributed by atoms with E-state index in [1.165, 1.54) is 69.9 Å². The number of hydrogen-bond acceptors (Lipinski definition) is 7. The first-order valence-corrected chi connectivity index (χ1v) is 19.4. The zero-order chi connectivity index (χ0) is 31.3. The molecule has 0 radical (unpaired) electrons. The van der Waals surface area contributed by atoms with Crippen molar-refractivity contribution in [3.63, 3.8) is 0 Å². The number of ether oxygens (including phenoxy) is 1. The summed E-state index contributed by atoms with van der Waals surface area (Å²) in [6, 6.07) is 2.23. The summed E-state index contributed by atoms with van der Waals surface area (Å²) < 4.78 is 57.9. The first kappa shape index (κ1) is 38.2. The summed E-state index contributed by atoms with van der Waals surface area (Å²) in [5, 5.41) is 2.74. The summed E-state index contributed by atoms with van der Waals surface area (Å²) >= 11 is 0. The van der Waals surface area contributed by atoms with Gasteiger partial charge < -0.3 is 10.1 Å². The van der Waals surface area contributed by atoms with Crippen LogP contribution in [0.4, 0.5) is 10.5 Å². The van der Waals surface area contributed by atoms with Gasteiger partial charge in [-0.05, 0) is 50.3 Å². The molecule has 42 heavy (non-hydrogen) atoms. The van der Waals surface area contributed by atoms with Gasteiger partial charge in [0, 0.05) is 19.8 Å². The highest BCUT2D eigenvalue weighted by Gasteiger charge is 2.27. The van der Waals surface area contributed by atoms with Crippen LogP contribution in [0, 0.1) is 6.92 Å². The molecule has 0 unspecified atom stereocenters. The topological polar surface area (TPSA) is 131 Å². The van der Waals surface area contributed by atoms with Gasteiger partial charge in [-0.25, -0.2) is 21.6 Å². The summed E-state index contributed by atoms with van der Waals surface area (Å²) in [5.41, 5.74) is 6.11. The van der Waals surface area contributed by atoms with Crippen molar-refractivity contribution in [1.82, 2.24) is 10.7 Å². The Morgan fingerprint density at radius 2 is 1.14 bits per heavy atom. The van der Waals surface area contributed by atoms with E-state index in [0.29, 0.717) is 56.5 Å². The maximum Gasteiger partial charge on any atom is 0.333 e. The Morgan fingerprint density at radius 1 is 0.667 bits per heavy atom. The molecule has 0 atom stereocenters. The van der Waals surface area contributed by atoms with Crippen LogP contribution in [0.2, 0.25) is 0 Å². The van der Waals surface area contributed by atoms with Crippen LogP contribution in [-0.2, 0) is 24.4 Å². The lowest BCUT2D eigenvalue weighted by molar-refractivity contribution is 0.127. The number of hydrogen-bond donors (Lipinski definition) is 3. The molecule has 1 aromatic carbocycles. The molecule has 9 nitrogen and oxygen atoms in total. The van der Waals surface area contributed by atoms with Crippen LogP contribution in [0.25, 0.3) is 0 Å². The predicted octanol–water partition coefficient (Wildman–Crippen LogP) is 7.10. The average molecular weight is 632 g/mol. The molecule has 0 aromatic heterocycles. The third-order valence-corrected chi connectivity index (χ3v) is 11.0. The lowest BCUT2D eigenvalue weighted by Gasteiger charge is -2.17. The lowest BCUT2D eigenvalue weighted by Crippen LogP contribution is -2.39. The number of urea groups is 1. The second-order valence-electron chi connectivity index (χ2n) is 11.1. The van der Waals surface area contributed by atoms with Gasteiger partial charge in [-0.15, -0.1) is 0 Å². The van der Waals surface area contributed by atoms with Crippen LogP contribution in [0.5, 0.6) is 0 Å². The molecule has 244 valence electrons. The van der Waals surface area contributed by atoms with E-state index >= 15 is 0 Å². The zero-order valence-corrected chi connectivity index (χ0v) is 28.2. The molecule has 0 heterocycles. The minimum absolute atomic E-state index is 0.115. The number of hydrazine groups is 1. The molecular formula is C31H57N3O6S2. The van der Waals surface area contributed by atoms with Crippen molar-refractivity contribution in [1.29, 1.82) is 0 Å². The maximum atomic E-state index is 13.1. The Morgan fingerprint density at radius 3 is 1.69 bits per heavy atom. The number of benzene rings is 1. The molecule has 0 spiro atoms. The van der Waals surface area contributed by atoms with E-state index in [-0.39, 0.29) is 21.3 Å². The van der Waals surface area contributed by atoms with E-state index in [2.05, 4.69) is 23.1 Å². The molecule has 0 aliphatic heterocycles. The van der Waals surface area contributed by atoms with Gasteiger partial charge in [0.2, 0.25) is 0 Å². The van der Waals surface area contributed by atoms with Gasteiger partial charge >= 0.3 is 6.03 Å². The van der Waals surface area contributed by atoms with E-state index < -0.39 is 25.7 Å². The Labute approximate surface area is 256 Å². The fourth-order valence-electron chi connectivity index (χ4n) is 4.51. The van der Waals surface area contributed by atoms with Crippen molar-refractivity contribution >= 4 is 31.4 Å². The van der Waals surface area contributed by atoms with Crippen molar-refractivity contribution in [2.45, 2.75) is 134 Å². The van der Waals surface area contributed by atoms with Crippen molar-refractivity contribution in [3.8, 4) is 0 Å². The van der Waals surface area contributed by atoms with Crippen molar-refractivity contribution in [2.75, 3.05) is 36.7 Å². The Hall–Kier alpha value is -1.85. The minimum Gasteiger partial charge on any atom is -0.381 e. The monoisotopic (exact) mass is 631 g/mol. The van der Waals surface area contributed by atoms with Gasteiger partial charge in [-0.3, -0.25) is 10.9 Å². The summed E-state index contributed by atoms with van der Waals surface area (Å²) in [6.45, 7) is 9.41. The second kappa shape index (κ2) is 21.8. The van der Waals surface area contributed by atoms with Crippen LogP contribution in [0.1, 0.15) is 123 Å². The lowest BCUT2D eigenvalue weighted by atomic mass is 10.1. The predicted molar refractivity (Wildman–Crippen MR) is 173 cm³/mol. The molecule has 2 amide bonds. The minimum atomic E-state index is -3.84. The highest BCUT2D eigenvalue weighted by Crippen LogP contribution is 2.30. The van der Waals surface area contributed by atoms with Crippen LogP contribution in [-0.4, -0.2) is 54.1 Å². The molecule has 0 fully saturated rings. The number of aryl methyl sites for hydroxylation is 1. The van der Waals surface area contributed by atoms with Crippen LogP contribution >= 0.6 is 0 Å².